The third-order valence-electron chi connectivity index (χ3n) is 4.09. The molecular formula is C18H15ClN2O4. The number of hydrogen-bond donors (Lipinski definition) is 0. The third kappa shape index (κ3) is 3.31. The summed E-state index contributed by atoms with van der Waals surface area (Å²) < 4.78 is 16.3. The number of benzene rings is 1. The van der Waals surface area contributed by atoms with Gasteiger partial charge in [0, 0.05) is 17.6 Å². The summed E-state index contributed by atoms with van der Waals surface area (Å²) in [6.45, 7) is 1.41. The maximum atomic E-state index is 12.7. The van der Waals surface area contributed by atoms with Gasteiger partial charge < -0.3 is 18.6 Å². The van der Waals surface area contributed by atoms with E-state index in [9.17, 15) is 4.79 Å². The Bertz CT molecular complexity index is 858. The fourth-order valence-corrected chi connectivity index (χ4v) is 2.91. The van der Waals surface area contributed by atoms with E-state index in [1.165, 1.54) is 6.26 Å². The van der Waals surface area contributed by atoms with Gasteiger partial charge in [0.2, 0.25) is 5.76 Å². The van der Waals surface area contributed by atoms with Crippen LogP contribution in [0.15, 0.2) is 57.7 Å². The number of aromatic nitrogens is 1. The Labute approximate surface area is 148 Å². The van der Waals surface area contributed by atoms with Crippen molar-refractivity contribution in [2.75, 3.05) is 19.7 Å². The van der Waals surface area contributed by atoms with Crippen molar-refractivity contribution in [3.05, 3.63) is 65.0 Å². The summed E-state index contributed by atoms with van der Waals surface area (Å²) in [4.78, 5) is 14.4. The van der Waals surface area contributed by atoms with Crippen LogP contribution < -0.4 is 0 Å². The van der Waals surface area contributed by atoms with Crippen molar-refractivity contribution in [2.24, 2.45) is 0 Å². The molecule has 1 aliphatic heterocycles. The molecule has 0 saturated carbocycles. The Morgan fingerprint density at radius 1 is 1.20 bits per heavy atom. The Balaban J connectivity index is 1.49. The quantitative estimate of drug-likeness (QED) is 0.712. The van der Waals surface area contributed by atoms with Gasteiger partial charge in [-0.3, -0.25) is 4.79 Å². The molecule has 25 heavy (non-hydrogen) atoms. The van der Waals surface area contributed by atoms with Gasteiger partial charge in [-0.2, -0.15) is 0 Å². The highest BCUT2D eigenvalue weighted by Gasteiger charge is 2.28. The molecule has 1 unspecified atom stereocenters. The predicted octanol–water partition coefficient (Wildman–Crippen LogP) is 3.80. The summed E-state index contributed by atoms with van der Waals surface area (Å²) in [7, 11) is 0. The lowest BCUT2D eigenvalue weighted by Gasteiger charge is -2.32. The number of carbonyl (C=O) groups is 1. The number of carbonyl (C=O) groups excluding carboxylic acids is 1. The van der Waals surface area contributed by atoms with Gasteiger partial charge in [-0.1, -0.05) is 28.9 Å². The zero-order valence-electron chi connectivity index (χ0n) is 13.2. The second kappa shape index (κ2) is 6.74. The number of hydrogen-bond acceptors (Lipinski definition) is 5. The first kappa shape index (κ1) is 15.9. The second-order valence-electron chi connectivity index (χ2n) is 5.72. The van der Waals surface area contributed by atoms with E-state index in [1.807, 2.05) is 24.3 Å². The predicted molar refractivity (Wildman–Crippen MR) is 90.3 cm³/mol. The molecule has 6 nitrogen and oxygen atoms in total. The molecular weight excluding hydrogens is 344 g/mol. The van der Waals surface area contributed by atoms with Crippen molar-refractivity contribution in [1.29, 1.82) is 0 Å². The molecule has 1 saturated heterocycles. The number of furan rings is 1. The SMILES string of the molecule is O=C(c1cc(-c2ccco2)on1)N1CCOC(c2ccc(Cl)cc2)C1. The summed E-state index contributed by atoms with van der Waals surface area (Å²) in [6, 6.07) is 12.5. The van der Waals surface area contributed by atoms with Gasteiger partial charge in [0.05, 0.1) is 19.4 Å². The van der Waals surface area contributed by atoms with E-state index in [4.69, 9.17) is 25.3 Å². The van der Waals surface area contributed by atoms with Crippen LogP contribution in [0.4, 0.5) is 0 Å². The third-order valence-corrected chi connectivity index (χ3v) is 4.34. The van der Waals surface area contributed by atoms with E-state index in [0.717, 1.165) is 5.56 Å². The minimum absolute atomic E-state index is 0.189. The van der Waals surface area contributed by atoms with Crippen LogP contribution in [0.1, 0.15) is 22.2 Å². The molecule has 128 valence electrons. The van der Waals surface area contributed by atoms with Crippen molar-refractivity contribution >= 4 is 17.5 Å². The standard InChI is InChI=1S/C18H15ClN2O4/c19-13-5-3-12(4-6-13)17-11-21(7-9-24-17)18(22)14-10-16(25-20-14)15-2-1-8-23-15/h1-6,8,10,17H,7,9,11H2. The van der Waals surface area contributed by atoms with Crippen molar-refractivity contribution in [1.82, 2.24) is 10.1 Å². The molecule has 4 rings (SSSR count). The number of halogens is 1. The van der Waals surface area contributed by atoms with Gasteiger partial charge in [0.25, 0.3) is 5.91 Å². The van der Waals surface area contributed by atoms with E-state index in [1.54, 1.807) is 23.1 Å². The monoisotopic (exact) mass is 358 g/mol. The number of amides is 1. The van der Waals surface area contributed by atoms with Crippen LogP contribution in [0.3, 0.4) is 0 Å². The first-order valence-corrected chi connectivity index (χ1v) is 8.25. The number of morpholine rings is 1. The Morgan fingerprint density at radius 3 is 2.80 bits per heavy atom. The van der Waals surface area contributed by atoms with Gasteiger partial charge in [-0.05, 0) is 29.8 Å². The first-order valence-electron chi connectivity index (χ1n) is 7.87. The molecule has 0 spiro atoms. The van der Waals surface area contributed by atoms with Crippen LogP contribution in [0, 0.1) is 0 Å². The van der Waals surface area contributed by atoms with Crippen molar-refractivity contribution in [3.63, 3.8) is 0 Å². The molecule has 1 aliphatic rings. The Kier molecular flexibility index (Phi) is 4.29. The van der Waals surface area contributed by atoms with E-state index in [-0.39, 0.29) is 17.7 Å². The number of nitrogens with zero attached hydrogens (tertiary/aromatic N) is 2. The van der Waals surface area contributed by atoms with Crippen LogP contribution >= 0.6 is 11.6 Å². The Hall–Kier alpha value is -2.57. The summed E-state index contributed by atoms with van der Waals surface area (Å²) in [5.74, 6) is 0.771. The molecule has 3 heterocycles. The molecule has 3 aromatic rings. The topological polar surface area (TPSA) is 68.7 Å². The van der Waals surface area contributed by atoms with Crippen molar-refractivity contribution in [3.8, 4) is 11.5 Å². The molecule has 0 bridgehead atoms. The molecule has 1 atom stereocenters. The summed E-state index contributed by atoms with van der Waals surface area (Å²) >= 11 is 5.92. The maximum Gasteiger partial charge on any atom is 0.276 e. The minimum atomic E-state index is -0.191. The van der Waals surface area contributed by atoms with E-state index in [2.05, 4.69) is 5.16 Å². The van der Waals surface area contributed by atoms with Crippen LogP contribution in [-0.4, -0.2) is 35.7 Å². The van der Waals surface area contributed by atoms with Crippen molar-refractivity contribution in [2.45, 2.75) is 6.10 Å². The summed E-state index contributed by atoms with van der Waals surface area (Å²) in [5.41, 5.74) is 1.24. The van der Waals surface area contributed by atoms with Crippen LogP contribution in [-0.2, 0) is 4.74 Å². The van der Waals surface area contributed by atoms with E-state index < -0.39 is 0 Å². The lowest BCUT2D eigenvalue weighted by Crippen LogP contribution is -2.42. The van der Waals surface area contributed by atoms with Gasteiger partial charge in [-0.25, -0.2) is 0 Å². The molecule has 1 aromatic carbocycles. The first-order chi connectivity index (χ1) is 12.2. The molecule has 1 fully saturated rings. The van der Waals surface area contributed by atoms with Gasteiger partial charge >= 0.3 is 0 Å². The normalized spacial score (nSPS) is 17.6. The maximum absolute atomic E-state index is 12.7. The second-order valence-corrected chi connectivity index (χ2v) is 6.15. The highest BCUT2D eigenvalue weighted by Crippen LogP contribution is 2.26. The van der Waals surface area contributed by atoms with Gasteiger partial charge in [-0.15, -0.1) is 0 Å². The fourth-order valence-electron chi connectivity index (χ4n) is 2.79. The Morgan fingerprint density at radius 2 is 2.04 bits per heavy atom. The van der Waals surface area contributed by atoms with Gasteiger partial charge in [0.1, 0.15) is 6.10 Å². The average Bonchev–Trinajstić information content (AvgIpc) is 3.33. The highest BCUT2D eigenvalue weighted by atomic mass is 35.5. The molecule has 1 amide bonds. The molecule has 7 heteroatoms. The largest absolute Gasteiger partial charge is 0.461 e. The van der Waals surface area contributed by atoms with Crippen molar-refractivity contribution < 1.29 is 18.5 Å². The minimum Gasteiger partial charge on any atom is -0.461 e. The lowest BCUT2D eigenvalue weighted by molar-refractivity contribution is -0.0231. The average molecular weight is 359 g/mol. The van der Waals surface area contributed by atoms with Crippen LogP contribution in [0.2, 0.25) is 5.02 Å². The zero-order chi connectivity index (χ0) is 17.2. The zero-order valence-corrected chi connectivity index (χ0v) is 14.0. The highest BCUT2D eigenvalue weighted by molar-refractivity contribution is 6.30. The summed E-state index contributed by atoms with van der Waals surface area (Å²) in [6.07, 6.45) is 1.35. The molecule has 0 N–H and O–H groups in total. The fraction of sp³-hybridized carbons (Fsp3) is 0.222. The lowest BCUT2D eigenvalue weighted by atomic mass is 10.1. The number of rotatable bonds is 3. The van der Waals surface area contributed by atoms with Crippen LogP contribution in [0.25, 0.3) is 11.5 Å². The number of ether oxygens (including phenoxy) is 1. The van der Waals surface area contributed by atoms with E-state index in [0.29, 0.717) is 36.2 Å². The van der Waals surface area contributed by atoms with E-state index >= 15 is 0 Å². The summed E-state index contributed by atoms with van der Waals surface area (Å²) in [5, 5.41) is 4.54. The smallest absolute Gasteiger partial charge is 0.276 e. The van der Waals surface area contributed by atoms with Gasteiger partial charge in [0.15, 0.2) is 11.5 Å². The van der Waals surface area contributed by atoms with Crippen LogP contribution in [0.5, 0.6) is 0 Å². The molecule has 0 aliphatic carbocycles. The molecule has 2 aromatic heterocycles. The molecule has 0 radical (unpaired) electrons.